The molecule has 1 aromatic carbocycles. The van der Waals surface area contributed by atoms with Crippen LogP contribution in [0.3, 0.4) is 0 Å². The van der Waals surface area contributed by atoms with Crippen LogP contribution in [0.4, 0.5) is 0 Å². The summed E-state index contributed by atoms with van der Waals surface area (Å²) in [7, 11) is 1.91. The number of rotatable bonds is 5. The maximum absolute atomic E-state index is 12.7. The van der Waals surface area contributed by atoms with Crippen molar-refractivity contribution in [2.45, 2.75) is 39.0 Å². The van der Waals surface area contributed by atoms with Gasteiger partial charge >= 0.3 is 0 Å². The van der Waals surface area contributed by atoms with E-state index in [9.17, 15) is 4.79 Å². The molecular formula is C20H26N2O. The maximum Gasteiger partial charge on any atom is 0.270 e. The second-order valence-electron chi connectivity index (χ2n) is 7.42. The number of H-pyrrole nitrogens is 1. The molecule has 0 radical (unpaired) electrons. The van der Waals surface area contributed by atoms with Crippen LogP contribution < -0.4 is 0 Å². The van der Waals surface area contributed by atoms with Gasteiger partial charge < -0.3 is 9.88 Å². The van der Waals surface area contributed by atoms with Crippen molar-refractivity contribution >= 4 is 5.91 Å². The molecular weight excluding hydrogens is 284 g/mol. The summed E-state index contributed by atoms with van der Waals surface area (Å²) in [6, 6.07) is 14.5. The molecule has 122 valence electrons. The summed E-state index contributed by atoms with van der Waals surface area (Å²) in [5, 5.41) is 0. The van der Waals surface area contributed by atoms with Crippen molar-refractivity contribution in [1.29, 1.82) is 0 Å². The molecule has 1 N–H and O–H groups in total. The third-order valence-corrected chi connectivity index (χ3v) is 5.45. The van der Waals surface area contributed by atoms with Gasteiger partial charge in [-0.25, -0.2) is 0 Å². The molecule has 0 spiro atoms. The monoisotopic (exact) mass is 310 g/mol. The summed E-state index contributed by atoms with van der Waals surface area (Å²) in [6.07, 6.45) is 2.03. The summed E-state index contributed by atoms with van der Waals surface area (Å²) in [5.74, 6) is 0.0720. The largest absolute Gasteiger partial charge is 0.354 e. The molecule has 3 heteroatoms. The Hall–Kier alpha value is -2.03. The zero-order valence-electron chi connectivity index (χ0n) is 14.5. The van der Waals surface area contributed by atoms with E-state index in [2.05, 4.69) is 50.0 Å². The van der Waals surface area contributed by atoms with Gasteiger partial charge in [0.25, 0.3) is 5.91 Å². The second-order valence-corrected chi connectivity index (χ2v) is 7.42. The Kier molecular flexibility index (Phi) is 3.83. The SMILES string of the molecule is CCc1ccc(C(=O)N(C)C[C@@]2(c3ccccc3)CC2(C)C)[nH]1. The summed E-state index contributed by atoms with van der Waals surface area (Å²) in [5.41, 5.74) is 3.43. The van der Waals surface area contributed by atoms with Gasteiger partial charge in [0, 0.05) is 24.7 Å². The number of nitrogens with zero attached hydrogens (tertiary/aromatic N) is 1. The van der Waals surface area contributed by atoms with Crippen LogP contribution in [-0.4, -0.2) is 29.4 Å². The minimum atomic E-state index is 0.0683. The maximum atomic E-state index is 12.7. The van der Waals surface area contributed by atoms with E-state index in [-0.39, 0.29) is 16.7 Å². The number of carbonyl (C=O) groups is 1. The predicted molar refractivity (Wildman–Crippen MR) is 93.6 cm³/mol. The number of hydrogen-bond acceptors (Lipinski definition) is 1. The van der Waals surface area contributed by atoms with Crippen LogP contribution in [0.1, 0.15) is 48.9 Å². The summed E-state index contributed by atoms with van der Waals surface area (Å²) >= 11 is 0. The lowest BCUT2D eigenvalue weighted by molar-refractivity contribution is 0.0770. The molecule has 0 saturated heterocycles. The lowest BCUT2D eigenvalue weighted by Gasteiger charge is -2.27. The van der Waals surface area contributed by atoms with E-state index in [1.807, 2.05) is 30.1 Å². The Morgan fingerprint density at radius 2 is 1.83 bits per heavy atom. The number of amides is 1. The summed E-state index contributed by atoms with van der Waals surface area (Å²) < 4.78 is 0. The molecule has 1 fully saturated rings. The first-order valence-corrected chi connectivity index (χ1v) is 8.38. The topological polar surface area (TPSA) is 36.1 Å². The van der Waals surface area contributed by atoms with Crippen LogP contribution in [0.5, 0.6) is 0 Å². The van der Waals surface area contributed by atoms with Gasteiger partial charge in [-0.3, -0.25) is 4.79 Å². The average Bonchev–Trinajstić information content (AvgIpc) is 2.91. The van der Waals surface area contributed by atoms with E-state index in [0.717, 1.165) is 25.1 Å². The van der Waals surface area contributed by atoms with Crippen molar-refractivity contribution in [3.8, 4) is 0 Å². The fourth-order valence-corrected chi connectivity index (χ4v) is 3.77. The summed E-state index contributed by atoms with van der Waals surface area (Å²) in [4.78, 5) is 17.8. The van der Waals surface area contributed by atoms with E-state index in [4.69, 9.17) is 0 Å². The highest BCUT2D eigenvalue weighted by atomic mass is 16.2. The minimum absolute atomic E-state index is 0.0683. The highest BCUT2D eigenvalue weighted by Gasteiger charge is 2.62. The van der Waals surface area contributed by atoms with Gasteiger partial charge in [-0.1, -0.05) is 51.1 Å². The zero-order chi connectivity index (χ0) is 16.7. The molecule has 3 nitrogen and oxygen atoms in total. The van der Waals surface area contributed by atoms with Crippen LogP contribution in [0.2, 0.25) is 0 Å². The van der Waals surface area contributed by atoms with Crippen molar-refractivity contribution in [1.82, 2.24) is 9.88 Å². The molecule has 0 bridgehead atoms. The lowest BCUT2D eigenvalue weighted by atomic mass is 9.87. The molecule has 1 amide bonds. The van der Waals surface area contributed by atoms with Gasteiger partial charge in [-0.15, -0.1) is 0 Å². The lowest BCUT2D eigenvalue weighted by Crippen LogP contribution is -2.36. The van der Waals surface area contributed by atoms with Crippen LogP contribution >= 0.6 is 0 Å². The highest BCUT2D eigenvalue weighted by Crippen LogP contribution is 2.64. The number of nitrogens with one attached hydrogen (secondary N) is 1. The molecule has 23 heavy (non-hydrogen) atoms. The van der Waals surface area contributed by atoms with Crippen molar-refractivity contribution in [3.05, 3.63) is 59.4 Å². The van der Waals surface area contributed by atoms with E-state index < -0.39 is 0 Å². The Labute approximate surface area is 138 Å². The molecule has 1 aliphatic carbocycles. The standard InChI is InChI=1S/C20H26N2O/c1-5-16-11-12-17(21-16)18(23)22(4)14-20(13-19(20,2)3)15-9-7-6-8-10-15/h6-12,21H,5,13-14H2,1-4H3/t20-/m1/s1. The molecule has 1 aromatic heterocycles. The Bertz CT molecular complexity index is 701. The predicted octanol–water partition coefficient (Wildman–Crippen LogP) is 4.02. The van der Waals surface area contributed by atoms with Gasteiger partial charge in [0.2, 0.25) is 0 Å². The Morgan fingerprint density at radius 1 is 1.17 bits per heavy atom. The number of carbonyl (C=O) groups excluding carboxylic acids is 1. The van der Waals surface area contributed by atoms with Crippen LogP contribution in [0.25, 0.3) is 0 Å². The quantitative estimate of drug-likeness (QED) is 0.889. The molecule has 0 aliphatic heterocycles. The average molecular weight is 310 g/mol. The number of hydrogen-bond donors (Lipinski definition) is 1. The number of likely N-dealkylation sites (N-methyl/N-ethyl adjacent to an activating group) is 1. The molecule has 1 atom stereocenters. The molecule has 2 aromatic rings. The fourth-order valence-electron chi connectivity index (χ4n) is 3.77. The first-order valence-electron chi connectivity index (χ1n) is 8.38. The number of aryl methyl sites for hydroxylation is 1. The molecule has 1 saturated carbocycles. The van der Waals surface area contributed by atoms with E-state index in [1.165, 1.54) is 5.56 Å². The first kappa shape index (κ1) is 15.9. The Morgan fingerprint density at radius 3 is 2.35 bits per heavy atom. The smallest absolute Gasteiger partial charge is 0.270 e. The second kappa shape index (κ2) is 5.55. The van der Waals surface area contributed by atoms with Crippen LogP contribution in [0.15, 0.2) is 42.5 Å². The number of aromatic nitrogens is 1. The zero-order valence-corrected chi connectivity index (χ0v) is 14.5. The fraction of sp³-hybridized carbons (Fsp3) is 0.450. The highest BCUT2D eigenvalue weighted by molar-refractivity contribution is 5.92. The summed E-state index contributed by atoms with van der Waals surface area (Å²) in [6.45, 7) is 7.43. The normalized spacial score (nSPS) is 21.9. The van der Waals surface area contributed by atoms with Crippen LogP contribution in [-0.2, 0) is 11.8 Å². The van der Waals surface area contributed by atoms with Crippen LogP contribution in [0, 0.1) is 5.41 Å². The van der Waals surface area contributed by atoms with Gasteiger partial charge in [0.05, 0.1) is 0 Å². The van der Waals surface area contributed by atoms with Gasteiger partial charge in [-0.05, 0) is 36.0 Å². The Balaban J connectivity index is 1.80. The number of aromatic amines is 1. The van der Waals surface area contributed by atoms with Crippen molar-refractivity contribution in [3.63, 3.8) is 0 Å². The van der Waals surface area contributed by atoms with E-state index >= 15 is 0 Å². The van der Waals surface area contributed by atoms with E-state index in [1.54, 1.807) is 0 Å². The van der Waals surface area contributed by atoms with Crippen molar-refractivity contribution in [2.24, 2.45) is 5.41 Å². The third-order valence-electron chi connectivity index (χ3n) is 5.45. The van der Waals surface area contributed by atoms with Gasteiger partial charge in [0.15, 0.2) is 0 Å². The minimum Gasteiger partial charge on any atom is -0.354 e. The molecule has 1 aliphatic rings. The van der Waals surface area contributed by atoms with Crippen molar-refractivity contribution in [2.75, 3.05) is 13.6 Å². The van der Waals surface area contributed by atoms with E-state index in [0.29, 0.717) is 5.69 Å². The van der Waals surface area contributed by atoms with Gasteiger partial charge in [-0.2, -0.15) is 0 Å². The first-order chi connectivity index (χ1) is 10.9. The van der Waals surface area contributed by atoms with Gasteiger partial charge in [0.1, 0.15) is 5.69 Å². The van der Waals surface area contributed by atoms with Crippen molar-refractivity contribution < 1.29 is 4.79 Å². The number of benzene rings is 1. The third kappa shape index (κ3) is 2.69. The molecule has 3 rings (SSSR count). The molecule has 0 unspecified atom stereocenters. The molecule has 1 heterocycles.